The minimum atomic E-state index is -0.362. The zero-order chi connectivity index (χ0) is 13.5. The average Bonchev–Trinajstić information content (AvgIpc) is 2.38. The molecular formula is C13H15ClO4. The minimum absolute atomic E-state index is 0.132. The van der Waals surface area contributed by atoms with Gasteiger partial charge in [0.1, 0.15) is 0 Å². The molecule has 0 aromatic heterocycles. The highest BCUT2D eigenvalue weighted by Gasteiger charge is 2.20. The fraction of sp³-hybridized carbons (Fsp3) is 0.385. The maximum absolute atomic E-state index is 11.3. The summed E-state index contributed by atoms with van der Waals surface area (Å²) in [6, 6.07) is 7.02. The number of ether oxygens (including phenoxy) is 2. The fourth-order valence-electron chi connectivity index (χ4n) is 1.61. The Morgan fingerprint density at radius 2 is 1.50 bits per heavy atom. The Morgan fingerprint density at radius 1 is 1.06 bits per heavy atom. The summed E-state index contributed by atoms with van der Waals surface area (Å²) in [5.41, 5.74) is 0.857. The highest BCUT2D eigenvalue weighted by molar-refractivity contribution is 6.30. The van der Waals surface area contributed by atoms with Gasteiger partial charge in [-0.3, -0.25) is 9.59 Å². The van der Waals surface area contributed by atoms with Crippen molar-refractivity contribution in [3.8, 4) is 0 Å². The maximum atomic E-state index is 11.3. The third kappa shape index (κ3) is 4.37. The van der Waals surface area contributed by atoms with Crippen molar-refractivity contribution in [3.05, 3.63) is 34.9 Å². The van der Waals surface area contributed by atoms with Gasteiger partial charge in [-0.2, -0.15) is 0 Å². The van der Waals surface area contributed by atoms with Crippen LogP contribution in [0.5, 0.6) is 0 Å². The number of hydrogen-bond donors (Lipinski definition) is 0. The van der Waals surface area contributed by atoms with Crippen molar-refractivity contribution >= 4 is 23.5 Å². The quantitative estimate of drug-likeness (QED) is 0.772. The predicted molar refractivity (Wildman–Crippen MR) is 67.5 cm³/mol. The molecule has 0 fully saturated rings. The van der Waals surface area contributed by atoms with Gasteiger partial charge < -0.3 is 9.47 Å². The number of hydrogen-bond acceptors (Lipinski definition) is 4. The van der Waals surface area contributed by atoms with Crippen LogP contribution in [0.3, 0.4) is 0 Å². The van der Waals surface area contributed by atoms with Gasteiger partial charge in [0.05, 0.1) is 27.1 Å². The first-order valence-electron chi connectivity index (χ1n) is 5.46. The van der Waals surface area contributed by atoms with E-state index in [1.165, 1.54) is 14.2 Å². The van der Waals surface area contributed by atoms with Crippen molar-refractivity contribution in [2.45, 2.75) is 18.8 Å². The fourth-order valence-corrected chi connectivity index (χ4v) is 1.74. The summed E-state index contributed by atoms with van der Waals surface area (Å²) in [4.78, 5) is 22.7. The van der Waals surface area contributed by atoms with Crippen LogP contribution >= 0.6 is 11.6 Å². The highest BCUT2D eigenvalue weighted by Crippen LogP contribution is 2.25. The Hall–Kier alpha value is -1.55. The van der Waals surface area contributed by atoms with Crippen LogP contribution in [0.25, 0.3) is 0 Å². The Morgan fingerprint density at radius 3 is 1.89 bits per heavy atom. The van der Waals surface area contributed by atoms with Gasteiger partial charge in [0.2, 0.25) is 0 Å². The molecule has 0 saturated carbocycles. The van der Waals surface area contributed by atoms with E-state index in [9.17, 15) is 9.59 Å². The van der Waals surface area contributed by atoms with E-state index in [0.29, 0.717) is 5.02 Å². The normalized spacial score (nSPS) is 10.2. The van der Waals surface area contributed by atoms with Crippen LogP contribution in [0.4, 0.5) is 0 Å². The van der Waals surface area contributed by atoms with Crippen molar-refractivity contribution < 1.29 is 19.1 Å². The number of halogens is 1. The number of esters is 2. The average molecular weight is 271 g/mol. The molecule has 0 spiro atoms. The second-order valence-corrected chi connectivity index (χ2v) is 4.25. The molecule has 98 valence electrons. The van der Waals surface area contributed by atoms with Gasteiger partial charge in [0.25, 0.3) is 0 Å². The standard InChI is InChI=1S/C13H15ClO4/c1-17-12(15)7-10(8-13(16)18-2)9-3-5-11(14)6-4-9/h3-6,10H,7-8H2,1-2H3. The number of carbonyl (C=O) groups excluding carboxylic acids is 2. The number of benzene rings is 1. The van der Waals surface area contributed by atoms with E-state index in [0.717, 1.165) is 5.56 Å². The molecule has 0 N–H and O–H groups in total. The molecule has 0 atom stereocenters. The van der Waals surface area contributed by atoms with Crippen molar-refractivity contribution in [3.63, 3.8) is 0 Å². The van der Waals surface area contributed by atoms with E-state index < -0.39 is 0 Å². The lowest BCUT2D eigenvalue weighted by atomic mass is 9.92. The van der Waals surface area contributed by atoms with E-state index in [-0.39, 0.29) is 30.7 Å². The van der Waals surface area contributed by atoms with Crippen LogP contribution < -0.4 is 0 Å². The SMILES string of the molecule is COC(=O)CC(CC(=O)OC)c1ccc(Cl)cc1. The van der Waals surface area contributed by atoms with Gasteiger partial charge >= 0.3 is 11.9 Å². The molecule has 0 radical (unpaired) electrons. The van der Waals surface area contributed by atoms with Crippen LogP contribution in [-0.4, -0.2) is 26.2 Å². The first kappa shape index (κ1) is 14.5. The van der Waals surface area contributed by atoms with Gasteiger partial charge in [-0.05, 0) is 17.7 Å². The summed E-state index contributed by atoms with van der Waals surface area (Å²) in [5, 5.41) is 0.605. The van der Waals surface area contributed by atoms with Gasteiger partial charge in [0, 0.05) is 10.9 Å². The van der Waals surface area contributed by atoms with E-state index in [1.807, 2.05) is 0 Å². The second-order valence-electron chi connectivity index (χ2n) is 3.81. The number of methoxy groups -OCH3 is 2. The van der Waals surface area contributed by atoms with Gasteiger partial charge in [-0.1, -0.05) is 23.7 Å². The highest BCUT2D eigenvalue weighted by atomic mass is 35.5. The zero-order valence-electron chi connectivity index (χ0n) is 10.3. The maximum Gasteiger partial charge on any atom is 0.306 e. The molecule has 1 rings (SSSR count). The van der Waals surface area contributed by atoms with Crippen molar-refractivity contribution in [2.75, 3.05) is 14.2 Å². The zero-order valence-corrected chi connectivity index (χ0v) is 11.1. The van der Waals surface area contributed by atoms with Crippen molar-refractivity contribution in [1.29, 1.82) is 0 Å². The van der Waals surface area contributed by atoms with Gasteiger partial charge in [0.15, 0.2) is 0 Å². The summed E-state index contributed by atoms with van der Waals surface area (Å²) in [6.45, 7) is 0. The molecular weight excluding hydrogens is 256 g/mol. The molecule has 0 aliphatic carbocycles. The lowest BCUT2D eigenvalue weighted by Crippen LogP contribution is -2.13. The molecule has 1 aromatic rings. The summed E-state index contributed by atoms with van der Waals surface area (Å²) < 4.78 is 9.25. The molecule has 0 amide bonds. The van der Waals surface area contributed by atoms with Crippen LogP contribution in [-0.2, 0) is 19.1 Å². The Bertz CT molecular complexity index is 396. The summed E-state index contributed by atoms with van der Waals surface area (Å²) in [7, 11) is 2.64. The topological polar surface area (TPSA) is 52.6 Å². The van der Waals surface area contributed by atoms with E-state index in [1.54, 1.807) is 24.3 Å². The van der Waals surface area contributed by atoms with Gasteiger partial charge in [-0.25, -0.2) is 0 Å². The van der Waals surface area contributed by atoms with E-state index in [2.05, 4.69) is 9.47 Å². The monoisotopic (exact) mass is 270 g/mol. The molecule has 0 bridgehead atoms. The molecule has 18 heavy (non-hydrogen) atoms. The van der Waals surface area contributed by atoms with Gasteiger partial charge in [-0.15, -0.1) is 0 Å². The third-order valence-electron chi connectivity index (χ3n) is 2.62. The largest absolute Gasteiger partial charge is 0.469 e. The molecule has 0 aliphatic heterocycles. The van der Waals surface area contributed by atoms with Crippen LogP contribution in [0.1, 0.15) is 24.3 Å². The molecule has 0 aliphatic rings. The lowest BCUT2D eigenvalue weighted by Gasteiger charge is -2.15. The summed E-state index contributed by atoms with van der Waals surface area (Å²) in [5.74, 6) is -0.986. The summed E-state index contributed by atoms with van der Waals surface area (Å²) in [6.07, 6.45) is 0.264. The summed E-state index contributed by atoms with van der Waals surface area (Å²) >= 11 is 5.80. The Balaban J connectivity index is 2.85. The Labute approximate surface area is 111 Å². The number of carbonyl (C=O) groups is 2. The molecule has 5 heteroatoms. The van der Waals surface area contributed by atoms with Crippen LogP contribution in [0.2, 0.25) is 5.02 Å². The second kappa shape index (κ2) is 7.01. The smallest absolute Gasteiger partial charge is 0.306 e. The predicted octanol–water partition coefficient (Wildman–Crippen LogP) is 2.55. The molecule has 4 nitrogen and oxygen atoms in total. The first-order valence-corrected chi connectivity index (χ1v) is 5.83. The Kier molecular flexibility index (Phi) is 5.65. The lowest BCUT2D eigenvalue weighted by molar-refractivity contribution is -0.143. The van der Waals surface area contributed by atoms with Crippen molar-refractivity contribution in [2.24, 2.45) is 0 Å². The van der Waals surface area contributed by atoms with E-state index >= 15 is 0 Å². The third-order valence-corrected chi connectivity index (χ3v) is 2.87. The molecule has 0 saturated heterocycles. The molecule has 0 unspecified atom stereocenters. The molecule has 0 heterocycles. The first-order chi connectivity index (χ1) is 8.56. The number of rotatable bonds is 5. The van der Waals surface area contributed by atoms with Crippen LogP contribution in [0, 0.1) is 0 Å². The van der Waals surface area contributed by atoms with Crippen molar-refractivity contribution in [1.82, 2.24) is 0 Å². The van der Waals surface area contributed by atoms with E-state index in [4.69, 9.17) is 11.6 Å². The minimum Gasteiger partial charge on any atom is -0.469 e. The van der Waals surface area contributed by atoms with Crippen LogP contribution in [0.15, 0.2) is 24.3 Å². The molecule has 1 aromatic carbocycles.